The number of rotatable bonds is 5. The van der Waals surface area contributed by atoms with Crippen LogP contribution in [0.15, 0.2) is 12.1 Å². The van der Waals surface area contributed by atoms with Crippen LogP contribution < -0.4 is 0 Å². The molecule has 0 aliphatic carbocycles. The molecule has 0 aliphatic heterocycles. The van der Waals surface area contributed by atoms with Crippen LogP contribution in [0.2, 0.25) is 0 Å². The summed E-state index contributed by atoms with van der Waals surface area (Å²) in [6, 6.07) is 4.51. The zero-order valence-electron chi connectivity index (χ0n) is 11.0. The third kappa shape index (κ3) is 2.65. The van der Waals surface area contributed by atoms with E-state index in [-0.39, 0.29) is 6.10 Å². The molecule has 90 valence electrons. The molecule has 1 N–H and O–H groups in total. The fourth-order valence-electron chi connectivity index (χ4n) is 2.27. The van der Waals surface area contributed by atoms with Crippen LogP contribution in [0, 0.1) is 0 Å². The lowest BCUT2D eigenvalue weighted by molar-refractivity contribution is 0.171. The zero-order valence-corrected chi connectivity index (χ0v) is 11.0. The number of hydrogen-bond donors (Lipinski definition) is 1. The lowest BCUT2D eigenvalue weighted by Crippen LogP contribution is -2.06. The van der Waals surface area contributed by atoms with Gasteiger partial charge in [-0.2, -0.15) is 0 Å². The second-order valence-corrected chi connectivity index (χ2v) is 4.31. The highest BCUT2D eigenvalue weighted by Crippen LogP contribution is 2.27. The smallest absolute Gasteiger partial charge is 0.0792 e. The number of aryl methyl sites for hydroxylation is 3. The first kappa shape index (κ1) is 13.2. The Labute approximate surface area is 99.5 Å². The molecule has 0 amide bonds. The summed E-state index contributed by atoms with van der Waals surface area (Å²) < 4.78 is 0. The predicted molar refractivity (Wildman–Crippen MR) is 69.8 cm³/mol. The quantitative estimate of drug-likeness (QED) is 0.800. The molecule has 1 nitrogen and oxygen atoms in total. The van der Waals surface area contributed by atoms with Crippen LogP contribution in [-0.2, 0) is 19.3 Å². The van der Waals surface area contributed by atoms with Gasteiger partial charge in [0.25, 0.3) is 0 Å². The summed E-state index contributed by atoms with van der Waals surface area (Å²) in [5.41, 5.74) is 5.22. The summed E-state index contributed by atoms with van der Waals surface area (Å²) in [5.74, 6) is 0. The van der Waals surface area contributed by atoms with Gasteiger partial charge in [0.15, 0.2) is 0 Å². The molecule has 1 atom stereocenters. The lowest BCUT2D eigenvalue weighted by Gasteiger charge is -2.19. The number of aliphatic hydroxyl groups excluding tert-OH is 1. The Balaban J connectivity index is 3.31. The first-order chi connectivity index (χ1) is 7.67. The van der Waals surface area contributed by atoms with Gasteiger partial charge in [-0.1, -0.05) is 39.8 Å². The molecule has 1 aromatic rings. The van der Waals surface area contributed by atoms with Crippen LogP contribution >= 0.6 is 0 Å². The number of aliphatic hydroxyl groups is 1. The van der Waals surface area contributed by atoms with Crippen molar-refractivity contribution in [2.24, 2.45) is 0 Å². The summed E-state index contributed by atoms with van der Waals surface area (Å²) in [4.78, 5) is 0. The van der Waals surface area contributed by atoms with Gasteiger partial charge in [-0.15, -0.1) is 0 Å². The molecule has 0 saturated heterocycles. The van der Waals surface area contributed by atoms with E-state index in [0.717, 1.165) is 25.7 Å². The van der Waals surface area contributed by atoms with Crippen molar-refractivity contribution in [3.8, 4) is 0 Å². The van der Waals surface area contributed by atoms with Gasteiger partial charge >= 0.3 is 0 Å². The van der Waals surface area contributed by atoms with E-state index in [0.29, 0.717) is 0 Å². The van der Waals surface area contributed by atoms with E-state index in [9.17, 15) is 5.11 Å². The summed E-state index contributed by atoms with van der Waals surface area (Å²) in [5, 5.41) is 10.1. The molecule has 0 radical (unpaired) electrons. The van der Waals surface area contributed by atoms with Gasteiger partial charge in [0, 0.05) is 0 Å². The standard InChI is InChI=1S/C15H24O/c1-5-11-9-12(6-2)15(14(16)8-4)13(7-3)10-11/h9-10,14,16H,5-8H2,1-4H3/t14-/m0/s1. The molecule has 1 heteroatoms. The highest BCUT2D eigenvalue weighted by atomic mass is 16.3. The van der Waals surface area contributed by atoms with Gasteiger partial charge in [0.1, 0.15) is 0 Å². The molecular formula is C15H24O. The molecular weight excluding hydrogens is 196 g/mol. The van der Waals surface area contributed by atoms with Crippen LogP contribution in [0.3, 0.4) is 0 Å². The Morgan fingerprint density at radius 2 is 1.44 bits per heavy atom. The minimum atomic E-state index is -0.296. The summed E-state index contributed by atoms with van der Waals surface area (Å²) in [7, 11) is 0. The first-order valence-corrected chi connectivity index (χ1v) is 6.50. The average Bonchev–Trinajstić information content (AvgIpc) is 2.35. The Kier molecular flexibility index (Phi) is 5.01. The maximum Gasteiger partial charge on any atom is 0.0792 e. The predicted octanol–water partition coefficient (Wildman–Crippen LogP) is 3.82. The molecule has 0 aliphatic rings. The second kappa shape index (κ2) is 6.05. The van der Waals surface area contributed by atoms with E-state index < -0.39 is 0 Å². The van der Waals surface area contributed by atoms with Crippen molar-refractivity contribution in [1.82, 2.24) is 0 Å². The highest BCUT2D eigenvalue weighted by Gasteiger charge is 2.14. The minimum absolute atomic E-state index is 0.296. The molecule has 0 saturated carbocycles. The van der Waals surface area contributed by atoms with Crippen molar-refractivity contribution in [2.45, 2.75) is 59.5 Å². The third-order valence-electron chi connectivity index (χ3n) is 3.30. The van der Waals surface area contributed by atoms with Crippen molar-refractivity contribution in [1.29, 1.82) is 0 Å². The van der Waals surface area contributed by atoms with Crippen LogP contribution in [0.5, 0.6) is 0 Å². The van der Waals surface area contributed by atoms with Crippen molar-refractivity contribution >= 4 is 0 Å². The van der Waals surface area contributed by atoms with Gasteiger partial charge in [-0.25, -0.2) is 0 Å². The first-order valence-electron chi connectivity index (χ1n) is 6.50. The molecule has 16 heavy (non-hydrogen) atoms. The van der Waals surface area contributed by atoms with E-state index in [1.807, 2.05) is 6.92 Å². The van der Waals surface area contributed by atoms with Crippen LogP contribution in [0.1, 0.15) is 62.5 Å². The lowest BCUT2D eigenvalue weighted by atomic mass is 9.89. The van der Waals surface area contributed by atoms with Crippen LogP contribution in [-0.4, -0.2) is 5.11 Å². The van der Waals surface area contributed by atoms with Crippen LogP contribution in [0.25, 0.3) is 0 Å². The molecule has 0 unspecified atom stereocenters. The maximum atomic E-state index is 10.1. The zero-order chi connectivity index (χ0) is 12.1. The molecule has 1 aromatic carbocycles. The number of benzene rings is 1. The Morgan fingerprint density at radius 3 is 1.75 bits per heavy atom. The molecule has 0 bridgehead atoms. The summed E-state index contributed by atoms with van der Waals surface area (Å²) in [6.07, 6.45) is 3.59. The Morgan fingerprint density at radius 1 is 0.938 bits per heavy atom. The van der Waals surface area contributed by atoms with E-state index >= 15 is 0 Å². The SMILES string of the molecule is CCc1cc(CC)c([C@@H](O)CC)c(CC)c1. The summed E-state index contributed by atoms with van der Waals surface area (Å²) >= 11 is 0. The molecule has 0 aromatic heterocycles. The fraction of sp³-hybridized carbons (Fsp3) is 0.600. The van der Waals surface area contributed by atoms with Crippen molar-refractivity contribution < 1.29 is 5.11 Å². The van der Waals surface area contributed by atoms with Crippen molar-refractivity contribution in [2.75, 3.05) is 0 Å². The van der Waals surface area contributed by atoms with E-state index in [1.54, 1.807) is 0 Å². The second-order valence-electron chi connectivity index (χ2n) is 4.31. The van der Waals surface area contributed by atoms with Gasteiger partial charge in [-0.05, 0) is 47.9 Å². The molecule has 0 spiro atoms. The Bertz CT molecular complexity index is 316. The fourth-order valence-corrected chi connectivity index (χ4v) is 2.27. The molecule has 0 heterocycles. The van der Waals surface area contributed by atoms with Gasteiger partial charge < -0.3 is 5.11 Å². The topological polar surface area (TPSA) is 20.2 Å². The largest absolute Gasteiger partial charge is 0.388 e. The molecule has 1 rings (SSSR count). The normalized spacial score (nSPS) is 12.8. The maximum absolute atomic E-state index is 10.1. The molecule has 0 fully saturated rings. The van der Waals surface area contributed by atoms with Gasteiger partial charge in [-0.3, -0.25) is 0 Å². The van der Waals surface area contributed by atoms with E-state index in [1.165, 1.54) is 22.3 Å². The number of hydrogen-bond acceptors (Lipinski definition) is 1. The highest BCUT2D eigenvalue weighted by molar-refractivity contribution is 5.41. The van der Waals surface area contributed by atoms with Crippen molar-refractivity contribution in [3.63, 3.8) is 0 Å². The minimum Gasteiger partial charge on any atom is -0.388 e. The van der Waals surface area contributed by atoms with Gasteiger partial charge in [0.05, 0.1) is 6.10 Å². The van der Waals surface area contributed by atoms with E-state index in [4.69, 9.17) is 0 Å². The average molecular weight is 220 g/mol. The summed E-state index contributed by atoms with van der Waals surface area (Å²) in [6.45, 7) is 8.56. The van der Waals surface area contributed by atoms with Crippen LogP contribution in [0.4, 0.5) is 0 Å². The third-order valence-corrected chi connectivity index (χ3v) is 3.30. The van der Waals surface area contributed by atoms with E-state index in [2.05, 4.69) is 32.9 Å². The monoisotopic (exact) mass is 220 g/mol. The van der Waals surface area contributed by atoms with Crippen molar-refractivity contribution in [3.05, 3.63) is 34.4 Å². The Hall–Kier alpha value is -0.820. The van der Waals surface area contributed by atoms with Gasteiger partial charge in [0.2, 0.25) is 0 Å².